The van der Waals surface area contributed by atoms with Crippen molar-refractivity contribution in [3.8, 4) is 5.95 Å². The van der Waals surface area contributed by atoms with Gasteiger partial charge in [-0.1, -0.05) is 0 Å². The van der Waals surface area contributed by atoms with Crippen molar-refractivity contribution in [3.05, 3.63) is 47.5 Å². The van der Waals surface area contributed by atoms with Crippen LogP contribution in [0.2, 0.25) is 0 Å². The molecule has 0 spiro atoms. The third-order valence-electron chi connectivity index (χ3n) is 2.75. The maximum atomic E-state index is 4.27. The summed E-state index contributed by atoms with van der Waals surface area (Å²) < 4.78 is 1.58. The van der Waals surface area contributed by atoms with Crippen LogP contribution in [-0.4, -0.2) is 41.4 Å². The van der Waals surface area contributed by atoms with Crippen molar-refractivity contribution in [2.24, 2.45) is 5.10 Å². The van der Waals surface area contributed by atoms with Crippen molar-refractivity contribution in [3.63, 3.8) is 0 Å². The summed E-state index contributed by atoms with van der Waals surface area (Å²) in [6.07, 6.45) is 4.99. The van der Waals surface area contributed by atoms with Gasteiger partial charge in [-0.2, -0.15) is 10.2 Å². The zero-order chi connectivity index (χ0) is 15.4. The van der Waals surface area contributed by atoms with Crippen LogP contribution in [0.1, 0.15) is 17.0 Å². The van der Waals surface area contributed by atoms with Gasteiger partial charge in [-0.15, -0.1) is 20.4 Å². The van der Waals surface area contributed by atoms with E-state index in [1.807, 2.05) is 32.0 Å². The van der Waals surface area contributed by atoms with Gasteiger partial charge in [0.25, 0.3) is 11.9 Å². The van der Waals surface area contributed by atoms with E-state index in [4.69, 9.17) is 0 Å². The van der Waals surface area contributed by atoms with Crippen LogP contribution in [0.5, 0.6) is 0 Å². The van der Waals surface area contributed by atoms with Crippen molar-refractivity contribution in [2.45, 2.75) is 13.8 Å². The fraction of sp³-hybridized carbons (Fsp3) is 0.154. The molecule has 0 aliphatic carbocycles. The average molecular weight is 295 g/mol. The Balaban J connectivity index is 1.69. The minimum Gasteiger partial charge on any atom is -0.265 e. The van der Waals surface area contributed by atoms with Crippen LogP contribution in [0, 0.1) is 13.8 Å². The topological polar surface area (TPSA) is 107 Å². The molecule has 22 heavy (non-hydrogen) atoms. The van der Waals surface area contributed by atoms with Gasteiger partial charge in [-0.25, -0.2) is 10.1 Å². The lowest BCUT2D eigenvalue weighted by molar-refractivity contribution is 0.711. The number of anilines is 1. The largest absolute Gasteiger partial charge is 0.289 e. The molecule has 1 N–H and O–H groups in total. The van der Waals surface area contributed by atoms with E-state index in [9.17, 15) is 0 Å². The number of aromatic nitrogens is 7. The third-order valence-corrected chi connectivity index (χ3v) is 2.75. The maximum absolute atomic E-state index is 4.27. The minimum absolute atomic E-state index is 0.204. The maximum Gasteiger partial charge on any atom is 0.289 e. The van der Waals surface area contributed by atoms with Crippen LogP contribution in [0.4, 0.5) is 5.95 Å². The predicted octanol–water partition coefficient (Wildman–Crippen LogP) is 0.910. The molecule has 110 valence electrons. The molecule has 9 heteroatoms. The quantitative estimate of drug-likeness (QED) is 0.563. The van der Waals surface area contributed by atoms with Gasteiger partial charge in [0.2, 0.25) is 0 Å². The van der Waals surface area contributed by atoms with Crippen molar-refractivity contribution in [1.82, 2.24) is 35.2 Å². The Morgan fingerprint density at radius 2 is 1.82 bits per heavy atom. The third kappa shape index (κ3) is 3.08. The molecule has 0 bridgehead atoms. The Morgan fingerprint density at radius 3 is 2.45 bits per heavy atom. The summed E-state index contributed by atoms with van der Waals surface area (Å²) in [5.74, 6) is 0.518. The summed E-state index contributed by atoms with van der Waals surface area (Å²) in [6, 6.07) is 5.58. The Hall–Kier alpha value is -3.23. The van der Waals surface area contributed by atoms with Gasteiger partial charge in [0.05, 0.1) is 11.9 Å². The average Bonchev–Trinajstić information content (AvgIpc) is 2.88. The molecule has 3 rings (SSSR count). The van der Waals surface area contributed by atoms with Crippen LogP contribution in [0.3, 0.4) is 0 Å². The van der Waals surface area contributed by atoms with Gasteiger partial charge in [-0.05, 0) is 37.6 Å². The lowest BCUT2D eigenvalue weighted by Gasteiger charge is -2.01. The van der Waals surface area contributed by atoms with Crippen LogP contribution in [0.15, 0.2) is 35.7 Å². The highest BCUT2D eigenvalue weighted by Crippen LogP contribution is 2.06. The number of hydrazone groups is 1. The Bertz CT molecular complexity index is 777. The van der Waals surface area contributed by atoms with Gasteiger partial charge in [0.15, 0.2) is 0 Å². The first-order valence-corrected chi connectivity index (χ1v) is 6.52. The molecule has 0 aliphatic rings. The summed E-state index contributed by atoms with van der Waals surface area (Å²) >= 11 is 0. The van der Waals surface area contributed by atoms with E-state index >= 15 is 0 Å². The van der Waals surface area contributed by atoms with Gasteiger partial charge < -0.3 is 0 Å². The molecule has 0 unspecified atom stereocenters. The van der Waals surface area contributed by atoms with Gasteiger partial charge in [-0.3, -0.25) is 4.98 Å². The molecule has 3 aromatic heterocycles. The monoisotopic (exact) mass is 295 g/mol. The van der Waals surface area contributed by atoms with Crippen LogP contribution in [-0.2, 0) is 0 Å². The molecule has 3 aromatic rings. The fourth-order valence-corrected chi connectivity index (χ4v) is 1.80. The van der Waals surface area contributed by atoms with E-state index in [-0.39, 0.29) is 5.95 Å². The van der Waals surface area contributed by atoms with E-state index in [2.05, 4.69) is 41.0 Å². The lowest BCUT2D eigenvalue weighted by Crippen LogP contribution is -2.10. The lowest BCUT2D eigenvalue weighted by atomic mass is 10.3. The van der Waals surface area contributed by atoms with Gasteiger partial charge in [0.1, 0.15) is 0 Å². The van der Waals surface area contributed by atoms with Crippen LogP contribution >= 0.6 is 0 Å². The van der Waals surface area contributed by atoms with Crippen LogP contribution in [0.25, 0.3) is 5.95 Å². The van der Waals surface area contributed by atoms with Crippen molar-refractivity contribution in [1.29, 1.82) is 0 Å². The molecule has 0 amide bonds. The molecule has 0 fully saturated rings. The minimum atomic E-state index is 0.204. The van der Waals surface area contributed by atoms with E-state index in [1.165, 1.54) is 0 Å². The van der Waals surface area contributed by atoms with E-state index in [1.54, 1.807) is 23.3 Å². The van der Waals surface area contributed by atoms with E-state index < -0.39 is 0 Å². The van der Waals surface area contributed by atoms with Crippen molar-refractivity contribution >= 4 is 12.2 Å². The molecular weight excluding hydrogens is 282 g/mol. The summed E-state index contributed by atoms with van der Waals surface area (Å²) in [5.41, 5.74) is 5.36. The number of pyridine rings is 1. The molecular formula is C13H13N9. The summed E-state index contributed by atoms with van der Waals surface area (Å²) in [6.45, 7) is 3.81. The summed E-state index contributed by atoms with van der Waals surface area (Å²) in [4.78, 5) is 3.92. The van der Waals surface area contributed by atoms with Crippen LogP contribution < -0.4 is 5.43 Å². The first-order chi connectivity index (χ1) is 10.7. The standard InChI is InChI=1S/C13H13N9/c1-9-7-10(2)22(21-9)13-19-17-12(18-20-13)16-15-8-11-3-5-14-6-4-11/h3-8H,1-2H3,(H,16,17,18). The molecule has 0 aromatic carbocycles. The Labute approximate surface area is 126 Å². The highest BCUT2D eigenvalue weighted by Gasteiger charge is 2.07. The Morgan fingerprint density at radius 1 is 1.09 bits per heavy atom. The van der Waals surface area contributed by atoms with E-state index in [0.29, 0.717) is 5.95 Å². The highest BCUT2D eigenvalue weighted by atomic mass is 15.5. The summed E-state index contributed by atoms with van der Waals surface area (Å²) in [7, 11) is 0. The number of hydrogen-bond donors (Lipinski definition) is 1. The molecule has 0 aliphatic heterocycles. The number of hydrogen-bond acceptors (Lipinski definition) is 8. The zero-order valence-electron chi connectivity index (χ0n) is 12.0. The second-order valence-corrected chi connectivity index (χ2v) is 4.51. The molecule has 9 nitrogen and oxygen atoms in total. The van der Waals surface area contributed by atoms with Gasteiger partial charge >= 0.3 is 0 Å². The second-order valence-electron chi connectivity index (χ2n) is 4.51. The SMILES string of the molecule is Cc1cc(C)n(-c2nnc(NN=Cc3ccncc3)nn2)n1. The molecule has 0 saturated heterocycles. The first kappa shape index (κ1) is 13.7. The normalized spacial score (nSPS) is 11.0. The number of nitrogens with one attached hydrogen (secondary N) is 1. The van der Waals surface area contributed by atoms with Gasteiger partial charge in [0, 0.05) is 18.1 Å². The number of aryl methyl sites for hydroxylation is 2. The molecule has 0 atom stereocenters. The van der Waals surface area contributed by atoms with Crippen molar-refractivity contribution in [2.75, 3.05) is 5.43 Å². The number of rotatable bonds is 4. The second kappa shape index (κ2) is 6.04. The van der Waals surface area contributed by atoms with E-state index in [0.717, 1.165) is 17.0 Å². The zero-order valence-corrected chi connectivity index (χ0v) is 12.0. The molecule has 3 heterocycles. The summed E-state index contributed by atoms with van der Waals surface area (Å²) in [5, 5.41) is 24.1. The predicted molar refractivity (Wildman–Crippen MR) is 79.7 cm³/mol. The molecule has 0 radical (unpaired) electrons. The highest BCUT2D eigenvalue weighted by molar-refractivity contribution is 5.79. The molecule has 0 saturated carbocycles. The first-order valence-electron chi connectivity index (χ1n) is 6.52. The number of nitrogens with zero attached hydrogens (tertiary/aromatic N) is 8. The Kier molecular flexibility index (Phi) is 3.77. The smallest absolute Gasteiger partial charge is 0.265 e. The van der Waals surface area contributed by atoms with Crippen molar-refractivity contribution < 1.29 is 0 Å². The fourth-order valence-electron chi connectivity index (χ4n) is 1.80.